The fourth-order valence-corrected chi connectivity index (χ4v) is 3.47. The molecule has 6 nitrogen and oxygen atoms in total. The van der Waals surface area contributed by atoms with Crippen LogP contribution in [0.5, 0.6) is 5.75 Å². The third-order valence-electron chi connectivity index (χ3n) is 4.80. The zero-order chi connectivity index (χ0) is 21.9. The Kier molecular flexibility index (Phi) is 6.40. The number of benzene rings is 2. The molecular weight excluding hydrogens is 425 g/mol. The Morgan fingerprint density at radius 1 is 1.40 bits per heavy atom. The number of alkyl halides is 3. The quantitative estimate of drug-likeness (QED) is 0.301. The molecule has 0 aromatic heterocycles. The number of halogens is 4. The predicted octanol–water partition coefficient (Wildman–Crippen LogP) is 5.81. The summed E-state index contributed by atoms with van der Waals surface area (Å²) in [4.78, 5) is 10.6. The molecule has 160 valence electrons. The summed E-state index contributed by atoms with van der Waals surface area (Å²) in [5, 5.41) is 14.3. The molecule has 1 saturated carbocycles. The Hall–Kier alpha value is -2.94. The molecule has 2 unspecified atom stereocenters. The van der Waals surface area contributed by atoms with Gasteiger partial charge in [0.25, 0.3) is 5.69 Å². The van der Waals surface area contributed by atoms with Crippen LogP contribution in [0.4, 0.5) is 24.5 Å². The number of nitro benzene ring substituents is 1. The van der Waals surface area contributed by atoms with E-state index >= 15 is 4.39 Å². The van der Waals surface area contributed by atoms with Crippen molar-refractivity contribution in [2.24, 2.45) is 5.92 Å². The average Bonchev–Trinajstić information content (AvgIpc) is 3.35. The molecule has 2 atom stereocenters. The second-order valence-electron chi connectivity index (χ2n) is 6.67. The van der Waals surface area contributed by atoms with Gasteiger partial charge in [0.2, 0.25) is 0 Å². The van der Waals surface area contributed by atoms with Crippen LogP contribution in [0.3, 0.4) is 0 Å². The van der Waals surface area contributed by atoms with Crippen molar-refractivity contribution in [1.29, 1.82) is 0 Å². The van der Waals surface area contributed by atoms with E-state index in [4.69, 9.17) is 16.3 Å². The summed E-state index contributed by atoms with van der Waals surface area (Å²) < 4.78 is 50.7. The van der Waals surface area contributed by atoms with Gasteiger partial charge in [-0.05, 0) is 36.3 Å². The third kappa shape index (κ3) is 4.62. The maximum absolute atomic E-state index is 15.5. The van der Waals surface area contributed by atoms with E-state index in [0.29, 0.717) is 0 Å². The number of allylic oxidation sites excluding steroid dienone is 1. The minimum absolute atomic E-state index is 0.0739. The molecule has 2 aromatic carbocycles. The molecule has 1 aliphatic carbocycles. The number of ether oxygens (including phenoxy) is 2. The number of anilines is 1. The van der Waals surface area contributed by atoms with Crippen LogP contribution in [0.1, 0.15) is 17.5 Å². The van der Waals surface area contributed by atoms with Crippen LogP contribution in [0.2, 0.25) is 5.02 Å². The van der Waals surface area contributed by atoms with Crippen LogP contribution in [0.25, 0.3) is 0 Å². The van der Waals surface area contributed by atoms with Gasteiger partial charge in [-0.25, -0.2) is 4.39 Å². The lowest BCUT2D eigenvalue weighted by Crippen LogP contribution is -2.14. The number of nitro groups is 1. The summed E-state index contributed by atoms with van der Waals surface area (Å²) in [7, 11) is 1.43. The van der Waals surface area contributed by atoms with Crippen molar-refractivity contribution in [2.45, 2.75) is 25.2 Å². The second kappa shape index (κ2) is 8.83. The first-order valence-corrected chi connectivity index (χ1v) is 9.27. The molecular formula is C20H18ClF3N2O4. The van der Waals surface area contributed by atoms with Crippen LogP contribution in [0, 0.1) is 16.0 Å². The highest BCUT2D eigenvalue weighted by Gasteiger charge is 2.56. The van der Waals surface area contributed by atoms with Crippen molar-refractivity contribution >= 4 is 23.0 Å². The lowest BCUT2D eigenvalue weighted by atomic mass is 9.98. The highest BCUT2D eigenvalue weighted by atomic mass is 35.5. The number of rotatable bonds is 9. The van der Waals surface area contributed by atoms with E-state index in [9.17, 15) is 18.9 Å². The smallest absolute Gasteiger partial charge is 0.387 e. The number of nitrogens with one attached hydrogen (secondary N) is 1. The molecule has 1 fully saturated rings. The minimum atomic E-state index is -3.11. The van der Waals surface area contributed by atoms with Gasteiger partial charge in [0, 0.05) is 29.1 Å². The zero-order valence-electron chi connectivity index (χ0n) is 15.8. The van der Waals surface area contributed by atoms with Gasteiger partial charge >= 0.3 is 6.61 Å². The molecule has 0 bridgehead atoms. The normalized spacial score (nSPS) is 20.4. The molecule has 1 aliphatic rings. The lowest BCUT2D eigenvalue weighted by molar-refractivity contribution is -0.384. The first-order valence-electron chi connectivity index (χ1n) is 8.89. The van der Waals surface area contributed by atoms with Crippen molar-refractivity contribution in [2.75, 3.05) is 12.4 Å². The summed E-state index contributed by atoms with van der Waals surface area (Å²) in [6.07, 6.45) is 3.06. The molecule has 1 N–H and O–H groups in total. The van der Waals surface area contributed by atoms with E-state index in [0.717, 1.165) is 0 Å². The standard InChI is InChI=1S/C20H18ClF3N2O4/c1-29-8-7-12-10-20(12,24)15-3-2-4-18(30-19(22)23)14(15)11-25-16-9-13(21)5-6-17(16)26(27)28/h2-9,12,19,25H,10-11H2,1H3/b8-7+. The summed E-state index contributed by atoms with van der Waals surface area (Å²) >= 11 is 5.92. The Morgan fingerprint density at radius 2 is 2.17 bits per heavy atom. The summed E-state index contributed by atoms with van der Waals surface area (Å²) in [6.45, 7) is -3.30. The molecule has 30 heavy (non-hydrogen) atoms. The maximum atomic E-state index is 15.5. The average molecular weight is 443 g/mol. The minimum Gasteiger partial charge on any atom is -0.505 e. The fraction of sp³-hybridized carbons (Fsp3) is 0.300. The summed E-state index contributed by atoms with van der Waals surface area (Å²) in [5.41, 5.74) is -1.65. The topological polar surface area (TPSA) is 73.6 Å². The molecule has 0 spiro atoms. The van der Waals surface area contributed by atoms with Gasteiger partial charge in [0.15, 0.2) is 0 Å². The second-order valence-corrected chi connectivity index (χ2v) is 7.11. The summed E-state index contributed by atoms with van der Waals surface area (Å²) in [5.74, 6) is -0.698. The van der Waals surface area contributed by atoms with Gasteiger partial charge in [0.05, 0.1) is 18.3 Å². The van der Waals surface area contributed by atoms with E-state index in [2.05, 4.69) is 10.1 Å². The van der Waals surface area contributed by atoms with Gasteiger partial charge in [-0.15, -0.1) is 0 Å². The Morgan fingerprint density at radius 3 is 2.83 bits per heavy atom. The fourth-order valence-electron chi connectivity index (χ4n) is 3.30. The van der Waals surface area contributed by atoms with Crippen LogP contribution in [-0.2, 0) is 17.0 Å². The number of methoxy groups -OCH3 is 1. The molecule has 0 heterocycles. The molecule has 0 amide bonds. The Balaban J connectivity index is 1.96. The van der Waals surface area contributed by atoms with Gasteiger partial charge in [0.1, 0.15) is 17.1 Å². The Bertz CT molecular complexity index is 973. The van der Waals surface area contributed by atoms with Gasteiger partial charge in [-0.2, -0.15) is 8.78 Å². The van der Waals surface area contributed by atoms with Gasteiger partial charge < -0.3 is 14.8 Å². The molecule has 0 saturated heterocycles. The van der Waals surface area contributed by atoms with Crippen molar-refractivity contribution < 1.29 is 27.6 Å². The largest absolute Gasteiger partial charge is 0.505 e. The first-order chi connectivity index (χ1) is 14.3. The molecule has 0 aliphatic heterocycles. The van der Waals surface area contributed by atoms with Gasteiger partial charge in [-0.3, -0.25) is 10.1 Å². The van der Waals surface area contributed by atoms with E-state index < -0.39 is 23.1 Å². The first kappa shape index (κ1) is 21.8. The number of hydrogen-bond donors (Lipinski definition) is 1. The van der Waals surface area contributed by atoms with Crippen molar-refractivity contribution in [3.63, 3.8) is 0 Å². The van der Waals surface area contributed by atoms with E-state index in [1.54, 1.807) is 6.08 Å². The number of nitrogens with zero attached hydrogens (tertiary/aromatic N) is 1. The Labute approximate surface area is 175 Å². The maximum Gasteiger partial charge on any atom is 0.387 e. The van der Waals surface area contributed by atoms with Crippen molar-refractivity contribution in [1.82, 2.24) is 0 Å². The van der Waals surface area contributed by atoms with Gasteiger partial charge in [-0.1, -0.05) is 23.7 Å². The highest BCUT2D eigenvalue weighted by molar-refractivity contribution is 6.31. The molecule has 3 rings (SSSR count). The summed E-state index contributed by atoms with van der Waals surface area (Å²) in [6, 6.07) is 8.12. The molecule has 10 heteroatoms. The van der Waals surface area contributed by atoms with E-state index in [1.165, 1.54) is 49.8 Å². The lowest BCUT2D eigenvalue weighted by Gasteiger charge is -2.19. The highest BCUT2D eigenvalue weighted by Crippen LogP contribution is 2.58. The van der Waals surface area contributed by atoms with E-state index in [-0.39, 0.29) is 46.2 Å². The van der Waals surface area contributed by atoms with Crippen molar-refractivity contribution in [3.8, 4) is 5.75 Å². The SMILES string of the molecule is CO/C=C/C1CC1(F)c1cccc(OC(F)F)c1CNc1cc(Cl)ccc1[N+](=O)[O-]. The predicted molar refractivity (Wildman–Crippen MR) is 106 cm³/mol. The number of hydrogen-bond acceptors (Lipinski definition) is 5. The van der Waals surface area contributed by atoms with Crippen LogP contribution in [-0.4, -0.2) is 18.6 Å². The van der Waals surface area contributed by atoms with Crippen LogP contribution < -0.4 is 10.1 Å². The molecule has 0 radical (unpaired) electrons. The third-order valence-corrected chi connectivity index (χ3v) is 5.03. The van der Waals surface area contributed by atoms with Crippen LogP contribution >= 0.6 is 11.6 Å². The zero-order valence-corrected chi connectivity index (χ0v) is 16.5. The van der Waals surface area contributed by atoms with Crippen molar-refractivity contribution in [3.05, 3.63) is 75.0 Å². The van der Waals surface area contributed by atoms with Crippen LogP contribution in [0.15, 0.2) is 48.7 Å². The monoisotopic (exact) mass is 442 g/mol. The molecule has 2 aromatic rings. The van der Waals surface area contributed by atoms with E-state index in [1.807, 2.05) is 0 Å².